The predicted molar refractivity (Wildman–Crippen MR) is 125 cm³/mol. The van der Waals surface area contributed by atoms with Gasteiger partial charge in [-0.15, -0.1) is 0 Å². The van der Waals surface area contributed by atoms with E-state index in [1.54, 1.807) is 13.4 Å². The molecule has 0 radical (unpaired) electrons. The summed E-state index contributed by atoms with van der Waals surface area (Å²) in [5, 5.41) is 9.53. The number of rotatable bonds is 7. The van der Waals surface area contributed by atoms with Gasteiger partial charge in [0.25, 0.3) is 0 Å². The first kappa shape index (κ1) is 22.9. The molecule has 174 valence electrons. The molecule has 0 amide bonds. The minimum Gasteiger partial charge on any atom is -0.493 e. The van der Waals surface area contributed by atoms with Gasteiger partial charge in [0.15, 0.2) is 5.43 Å². The highest BCUT2D eigenvalue weighted by Crippen LogP contribution is 2.46. The second-order valence-electron chi connectivity index (χ2n) is 9.41. The Morgan fingerprint density at radius 1 is 1.21 bits per heavy atom. The third-order valence-electron chi connectivity index (χ3n) is 6.08. The molecule has 0 unspecified atom stereocenters. The lowest BCUT2D eigenvalue weighted by Crippen LogP contribution is -2.32. The van der Waals surface area contributed by atoms with Crippen LogP contribution in [0.15, 0.2) is 52.0 Å². The van der Waals surface area contributed by atoms with Crippen molar-refractivity contribution < 1.29 is 23.8 Å². The van der Waals surface area contributed by atoms with Gasteiger partial charge in [-0.25, -0.2) is 4.79 Å². The number of carboxylic acid groups (broad SMARTS) is 1. The van der Waals surface area contributed by atoms with Crippen LogP contribution in [0.5, 0.6) is 5.75 Å². The van der Waals surface area contributed by atoms with Crippen LogP contribution in [0.25, 0.3) is 22.6 Å². The van der Waals surface area contributed by atoms with Crippen molar-refractivity contribution in [3.63, 3.8) is 0 Å². The van der Waals surface area contributed by atoms with Crippen LogP contribution in [0.4, 0.5) is 0 Å². The Balaban J connectivity index is 1.90. The van der Waals surface area contributed by atoms with E-state index in [-0.39, 0.29) is 17.0 Å². The maximum atomic E-state index is 12.6. The van der Waals surface area contributed by atoms with Gasteiger partial charge in [-0.1, -0.05) is 20.8 Å². The van der Waals surface area contributed by atoms with Crippen molar-refractivity contribution in [1.29, 1.82) is 0 Å². The van der Waals surface area contributed by atoms with Crippen molar-refractivity contribution in [2.45, 2.75) is 39.7 Å². The summed E-state index contributed by atoms with van der Waals surface area (Å²) in [7, 11) is 1.66. The number of carboxylic acids is 1. The summed E-state index contributed by atoms with van der Waals surface area (Å²) in [5.74, 6) is 0.156. The molecule has 2 aromatic heterocycles. The molecule has 0 fully saturated rings. The molecule has 7 nitrogen and oxygen atoms in total. The van der Waals surface area contributed by atoms with Crippen LogP contribution in [-0.4, -0.2) is 36.0 Å². The Hall–Kier alpha value is -3.32. The molecule has 33 heavy (non-hydrogen) atoms. The standard InChI is InChI=1S/C26H29NO6/c1-26(2,3)24-12-16-11-23(33-10-6-8-31-4)18(22-7-5-9-32-22)13-17(16)20-14-21(28)19(25(29)30)15-27(20)24/h5,7,9,11,13-15,24H,6,8,10,12H2,1-4H3,(H,29,30)/t24-/m0/s1. The lowest BCUT2D eigenvalue weighted by molar-refractivity contribution is 0.0693. The molecular weight excluding hydrogens is 422 g/mol. The van der Waals surface area contributed by atoms with Crippen LogP contribution in [0.3, 0.4) is 0 Å². The molecule has 1 N–H and O–H groups in total. The number of hydrogen-bond donors (Lipinski definition) is 1. The van der Waals surface area contributed by atoms with Gasteiger partial charge in [0.1, 0.15) is 17.1 Å². The summed E-state index contributed by atoms with van der Waals surface area (Å²) in [4.78, 5) is 24.3. The number of carbonyl (C=O) groups is 1. The Morgan fingerprint density at radius 2 is 2.00 bits per heavy atom. The maximum absolute atomic E-state index is 12.6. The highest BCUT2D eigenvalue weighted by Gasteiger charge is 2.34. The number of ether oxygens (including phenoxy) is 2. The second-order valence-corrected chi connectivity index (χ2v) is 9.41. The molecule has 0 aliphatic carbocycles. The normalized spacial score (nSPS) is 15.1. The first-order valence-corrected chi connectivity index (χ1v) is 11.0. The number of furan rings is 1. The molecule has 3 heterocycles. The zero-order valence-corrected chi connectivity index (χ0v) is 19.4. The fraction of sp³-hybridized carbons (Fsp3) is 0.385. The molecule has 4 rings (SSSR count). The first-order valence-electron chi connectivity index (χ1n) is 11.0. The number of methoxy groups -OCH3 is 1. The SMILES string of the molecule is COCCCOc1cc2c(cc1-c1ccco1)-c1cc(=O)c(C(=O)O)cn1[C@H](C(C)(C)C)C2. The van der Waals surface area contributed by atoms with Crippen LogP contribution < -0.4 is 10.2 Å². The van der Waals surface area contributed by atoms with Gasteiger partial charge in [0, 0.05) is 44.0 Å². The molecule has 1 aliphatic rings. The highest BCUT2D eigenvalue weighted by atomic mass is 16.5. The molecular formula is C26H29NO6. The van der Waals surface area contributed by atoms with E-state index in [1.165, 1.54) is 12.3 Å². The van der Waals surface area contributed by atoms with Gasteiger partial charge < -0.3 is 23.6 Å². The molecule has 7 heteroatoms. The topological polar surface area (TPSA) is 90.9 Å². The number of aromatic nitrogens is 1. The van der Waals surface area contributed by atoms with Gasteiger partial charge in [0.2, 0.25) is 0 Å². The molecule has 0 saturated carbocycles. The third kappa shape index (κ3) is 4.46. The van der Waals surface area contributed by atoms with E-state index in [1.807, 2.05) is 28.8 Å². The summed E-state index contributed by atoms with van der Waals surface area (Å²) in [6.45, 7) is 7.45. The van der Waals surface area contributed by atoms with Crippen molar-refractivity contribution in [1.82, 2.24) is 4.57 Å². The fourth-order valence-electron chi connectivity index (χ4n) is 4.37. The van der Waals surface area contributed by atoms with E-state index in [0.29, 0.717) is 36.8 Å². The molecule has 0 bridgehead atoms. The second kappa shape index (κ2) is 8.90. The van der Waals surface area contributed by atoms with Crippen LogP contribution in [0.2, 0.25) is 0 Å². The lowest BCUT2D eigenvalue weighted by Gasteiger charge is -2.39. The zero-order valence-electron chi connectivity index (χ0n) is 19.4. The van der Waals surface area contributed by atoms with Gasteiger partial charge >= 0.3 is 5.97 Å². The fourth-order valence-corrected chi connectivity index (χ4v) is 4.37. The molecule has 1 aliphatic heterocycles. The molecule has 0 saturated heterocycles. The summed E-state index contributed by atoms with van der Waals surface area (Å²) in [6.07, 6.45) is 4.53. The van der Waals surface area contributed by atoms with E-state index >= 15 is 0 Å². The van der Waals surface area contributed by atoms with Crippen LogP contribution in [0.1, 0.15) is 49.2 Å². The summed E-state index contributed by atoms with van der Waals surface area (Å²) in [6, 6.07) is 9.09. The summed E-state index contributed by atoms with van der Waals surface area (Å²) in [5.41, 5.74) is 2.51. The predicted octanol–water partition coefficient (Wildman–Crippen LogP) is 5.03. The van der Waals surface area contributed by atoms with E-state index in [4.69, 9.17) is 13.9 Å². The van der Waals surface area contributed by atoms with Crippen molar-refractivity contribution in [3.8, 4) is 28.3 Å². The van der Waals surface area contributed by atoms with Crippen molar-refractivity contribution in [2.75, 3.05) is 20.3 Å². The summed E-state index contributed by atoms with van der Waals surface area (Å²) >= 11 is 0. The summed E-state index contributed by atoms with van der Waals surface area (Å²) < 4.78 is 18.9. The minimum atomic E-state index is -1.22. The van der Waals surface area contributed by atoms with Gasteiger partial charge in [-0.3, -0.25) is 4.79 Å². The number of fused-ring (bicyclic) bond motifs is 3. The quantitative estimate of drug-likeness (QED) is 0.507. The minimum absolute atomic E-state index is 0.0329. The molecule has 1 atom stereocenters. The monoisotopic (exact) mass is 451 g/mol. The molecule has 3 aromatic rings. The molecule has 0 spiro atoms. The maximum Gasteiger partial charge on any atom is 0.341 e. The number of aromatic carboxylic acids is 1. The third-order valence-corrected chi connectivity index (χ3v) is 6.08. The number of benzene rings is 1. The molecule has 1 aromatic carbocycles. The number of pyridine rings is 1. The Kier molecular flexibility index (Phi) is 6.17. The van der Waals surface area contributed by atoms with E-state index < -0.39 is 11.4 Å². The smallest absolute Gasteiger partial charge is 0.341 e. The van der Waals surface area contributed by atoms with Gasteiger partial charge in [-0.05, 0) is 41.7 Å². The van der Waals surface area contributed by atoms with Crippen LogP contribution in [0, 0.1) is 5.41 Å². The lowest BCUT2D eigenvalue weighted by atomic mass is 9.78. The number of nitrogens with zero attached hydrogens (tertiary/aromatic N) is 1. The van der Waals surface area contributed by atoms with E-state index in [2.05, 4.69) is 20.8 Å². The van der Waals surface area contributed by atoms with Gasteiger partial charge in [-0.2, -0.15) is 0 Å². The van der Waals surface area contributed by atoms with Crippen LogP contribution in [-0.2, 0) is 11.2 Å². The average Bonchev–Trinajstić information content (AvgIpc) is 3.29. The Morgan fingerprint density at radius 3 is 2.64 bits per heavy atom. The van der Waals surface area contributed by atoms with Crippen molar-refractivity contribution in [3.05, 3.63) is 64.1 Å². The van der Waals surface area contributed by atoms with Crippen molar-refractivity contribution in [2.24, 2.45) is 5.41 Å². The first-order chi connectivity index (χ1) is 15.7. The number of hydrogen-bond acceptors (Lipinski definition) is 5. The Bertz CT molecular complexity index is 1220. The van der Waals surface area contributed by atoms with E-state index in [9.17, 15) is 14.7 Å². The largest absolute Gasteiger partial charge is 0.493 e. The Labute approximate surface area is 192 Å². The average molecular weight is 452 g/mol. The van der Waals surface area contributed by atoms with E-state index in [0.717, 1.165) is 23.1 Å². The van der Waals surface area contributed by atoms with Crippen LogP contribution >= 0.6 is 0 Å². The zero-order chi connectivity index (χ0) is 23.8. The van der Waals surface area contributed by atoms with Gasteiger partial charge in [0.05, 0.1) is 24.1 Å². The van der Waals surface area contributed by atoms with Crippen molar-refractivity contribution >= 4 is 5.97 Å². The highest BCUT2D eigenvalue weighted by molar-refractivity contribution is 5.88.